The van der Waals surface area contributed by atoms with E-state index >= 15 is 0 Å². The van der Waals surface area contributed by atoms with E-state index in [0.717, 1.165) is 38.5 Å². The van der Waals surface area contributed by atoms with Crippen LogP contribution in [-0.2, 0) is 16.4 Å². The number of hydrogen-bond donors (Lipinski definition) is 2. The number of hydrogen-bond acceptors (Lipinski definition) is 3. The fraction of sp³-hybridized carbons (Fsp3) is 0.714. The highest BCUT2D eigenvalue weighted by Gasteiger charge is 2.64. The van der Waals surface area contributed by atoms with Gasteiger partial charge in [0.2, 0.25) is 10.0 Å². The lowest BCUT2D eigenvalue weighted by Crippen LogP contribution is -2.47. The Hall–Kier alpha value is -0.910. The van der Waals surface area contributed by atoms with Crippen molar-refractivity contribution in [3.05, 3.63) is 35.4 Å². The third-order valence-corrected chi connectivity index (χ3v) is 9.45. The van der Waals surface area contributed by atoms with Crippen LogP contribution >= 0.6 is 0 Å². The summed E-state index contributed by atoms with van der Waals surface area (Å²) >= 11 is 0. The van der Waals surface area contributed by atoms with Gasteiger partial charge in [-0.3, -0.25) is 0 Å². The second kappa shape index (κ2) is 6.32. The quantitative estimate of drug-likeness (QED) is 0.800. The predicted octanol–water partition coefficient (Wildman–Crippen LogP) is 3.21. The first kappa shape index (κ1) is 18.5. The standard InChI is InChI=1S/C21H31NO3S/c1-20(2)17-9-11-21(20,19(23)13-17)14-26(24,25)22-12-10-16-8-7-15-5-3-4-6-18(15)16/h3-6,16-17,19,22-23H,7-14H2,1-2H3/t16?,17-,19-,21-/m0/s1. The molecule has 0 aromatic heterocycles. The molecular weight excluding hydrogens is 346 g/mol. The molecule has 2 bridgehead atoms. The molecule has 26 heavy (non-hydrogen) atoms. The number of benzene rings is 1. The maximum absolute atomic E-state index is 12.8. The molecule has 0 aliphatic heterocycles. The van der Waals surface area contributed by atoms with E-state index in [2.05, 4.69) is 42.8 Å². The number of aryl methyl sites for hydroxylation is 1. The molecule has 0 amide bonds. The summed E-state index contributed by atoms with van der Waals surface area (Å²) in [6, 6.07) is 8.50. The predicted molar refractivity (Wildman–Crippen MR) is 103 cm³/mol. The second-order valence-electron chi connectivity index (χ2n) is 9.24. The molecule has 1 aromatic carbocycles. The Morgan fingerprint density at radius 1 is 1.23 bits per heavy atom. The van der Waals surface area contributed by atoms with Crippen molar-refractivity contribution < 1.29 is 13.5 Å². The molecule has 4 atom stereocenters. The van der Waals surface area contributed by atoms with Gasteiger partial charge in [0.15, 0.2) is 0 Å². The van der Waals surface area contributed by atoms with Crippen LogP contribution in [0.15, 0.2) is 24.3 Å². The van der Waals surface area contributed by atoms with Gasteiger partial charge in [0.05, 0.1) is 11.9 Å². The van der Waals surface area contributed by atoms with Crippen molar-refractivity contribution in [2.24, 2.45) is 16.7 Å². The molecule has 2 N–H and O–H groups in total. The second-order valence-corrected chi connectivity index (χ2v) is 11.0. The van der Waals surface area contributed by atoms with E-state index in [-0.39, 0.29) is 11.2 Å². The van der Waals surface area contributed by atoms with Crippen LogP contribution in [0.2, 0.25) is 0 Å². The van der Waals surface area contributed by atoms with Crippen LogP contribution in [0, 0.1) is 16.7 Å². The van der Waals surface area contributed by atoms with Crippen LogP contribution in [0.25, 0.3) is 0 Å². The molecule has 4 nitrogen and oxygen atoms in total. The van der Waals surface area contributed by atoms with E-state index in [1.165, 1.54) is 11.1 Å². The Labute approximate surface area is 157 Å². The van der Waals surface area contributed by atoms with E-state index in [1.54, 1.807) is 0 Å². The van der Waals surface area contributed by atoms with Crippen molar-refractivity contribution in [3.63, 3.8) is 0 Å². The lowest BCUT2D eigenvalue weighted by atomic mass is 9.70. The Morgan fingerprint density at radius 2 is 2.00 bits per heavy atom. The van der Waals surface area contributed by atoms with E-state index in [1.807, 2.05) is 0 Å². The molecule has 4 rings (SSSR count). The Bertz CT molecular complexity index is 788. The van der Waals surface area contributed by atoms with Gasteiger partial charge in [0, 0.05) is 12.0 Å². The number of aliphatic hydroxyl groups is 1. The van der Waals surface area contributed by atoms with Crippen molar-refractivity contribution >= 4 is 10.0 Å². The van der Waals surface area contributed by atoms with Gasteiger partial charge in [-0.1, -0.05) is 38.1 Å². The first-order valence-electron chi connectivity index (χ1n) is 9.98. The van der Waals surface area contributed by atoms with Crippen LogP contribution < -0.4 is 4.72 Å². The van der Waals surface area contributed by atoms with Gasteiger partial charge in [0.1, 0.15) is 0 Å². The SMILES string of the molecule is CC1(C)[C@H]2CC[C@]1(CS(=O)(=O)NCCC1CCc3ccccc31)[C@@H](O)C2. The van der Waals surface area contributed by atoms with Crippen molar-refractivity contribution in [1.82, 2.24) is 4.72 Å². The first-order valence-corrected chi connectivity index (χ1v) is 11.6. The van der Waals surface area contributed by atoms with Gasteiger partial charge in [-0.25, -0.2) is 13.1 Å². The average molecular weight is 378 g/mol. The summed E-state index contributed by atoms with van der Waals surface area (Å²) in [6.45, 7) is 4.77. The molecule has 3 aliphatic carbocycles. The van der Waals surface area contributed by atoms with Crippen LogP contribution in [0.3, 0.4) is 0 Å². The van der Waals surface area contributed by atoms with Crippen LogP contribution in [0.5, 0.6) is 0 Å². The Kier molecular flexibility index (Phi) is 4.48. The highest BCUT2D eigenvalue weighted by atomic mass is 32.2. The monoisotopic (exact) mass is 377 g/mol. The van der Waals surface area contributed by atoms with Crippen LogP contribution in [0.4, 0.5) is 0 Å². The van der Waals surface area contributed by atoms with E-state index < -0.39 is 21.5 Å². The lowest BCUT2D eigenvalue weighted by Gasteiger charge is -2.40. The zero-order chi connectivity index (χ0) is 18.6. The van der Waals surface area contributed by atoms with Gasteiger partial charge < -0.3 is 5.11 Å². The largest absolute Gasteiger partial charge is 0.392 e. The van der Waals surface area contributed by atoms with Gasteiger partial charge in [-0.15, -0.1) is 0 Å². The summed E-state index contributed by atoms with van der Waals surface area (Å²) in [7, 11) is -3.39. The molecule has 1 aromatic rings. The van der Waals surface area contributed by atoms with Crippen LogP contribution in [0.1, 0.15) is 63.0 Å². The van der Waals surface area contributed by atoms with Crippen molar-refractivity contribution in [1.29, 1.82) is 0 Å². The minimum absolute atomic E-state index is 0.0614. The number of sulfonamides is 1. The highest BCUT2D eigenvalue weighted by Crippen LogP contribution is 2.66. The fourth-order valence-corrected chi connectivity index (χ4v) is 8.02. The zero-order valence-electron chi connectivity index (χ0n) is 15.9. The third-order valence-electron chi connectivity index (χ3n) is 7.91. The fourth-order valence-electron chi connectivity index (χ4n) is 6.10. The molecule has 2 fully saturated rings. The maximum Gasteiger partial charge on any atom is 0.212 e. The van der Waals surface area contributed by atoms with Crippen molar-refractivity contribution in [3.8, 4) is 0 Å². The van der Waals surface area contributed by atoms with Gasteiger partial charge in [-0.05, 0) is 66.9 Å². The summed E-state index contributed by atoms with van der Waals surface area (Å²) in [5.74, 6) is 0.963. The van der Waals surface area contributed by atoms with E-state index in [0.29, 0.717) is 18.4 Å². The molecule has 0 heterocycles. The molecular formula is C21H31NO3S. The van der Waals surface area contributed by atoms with Crippen LogP contribution in [-0.4, -0.2) is 31.9 Å². The first-order chi connectivity index (χ1) is 12.3. The summed E-state index contributed by atoms with van der Waals surface area (Å²) in [4.78, 5) is 0. The number of nitrogens with one attached hydrogen (secondary N) is 1. The van der Waals surface area contributed by atoms with Gasteiger partial charge in [-0.2, -0.15) is 0 Å². The number of rotatable bonds is 6. The Balaban J connectivity index is 1.38. The molecule has 1 unspecified atom stereocenters. The van der Waals surface area contributed by atoms with E-state index in [9.17, 15) is 13.5 Å². The molecule has 2 saturated carbocycles. The minimum atomic E-state index is -3.39. The van der Waals surface area contributed by atoms with Crippen molar-refractivity contribution in [2.45, 2.75) is 64.4 Å². The topological polar surface area (TPSA) is 66.4 Å². The zero-order valence-corrected chi connectivity index (χ0v) is 16.7. The molecule has 0 radical (unpaired) electrons. The average Bonchev–Trinajstić information content (AvgIpc) is 3.14. The molecule has 3 aliphatic rings. The normalized spacial score (nSPS) is 35.0. The summed E-state index contributed by atoms with van der Waals surface area (Å²) in [6.07, 6.45) is 5.17. The van der Waals surface area contributed by atoms with E-state index in [4.69, 9.17) is 0 Å². The van der Waals surface area contributed by atoms with Crippen molar-refractivity contribution in [2.75, 3.05) is 12.3 Å². The molecule has 0 saturated heterocycles. The summed E-state index contributed by atoms with van der Waals surface area (Å²) in [5, 5.41) is 10.6. The number of fused-ring (bicyclic) bond motifs is 3. The lowest BCUT2D eigenvalue weighted by molar-refractivity contribution is 0.0152. The summed E-state index contributed by atoms with van der Waals surface area (Å²) < 4.78 is 28.4. The molecule has 5 heteroatoms. The highest BCUT2D eigenvalue weighted by molar-refractivity contribution is 7.89. The molecule has 0 spiro atoms. The van der Waals surface area contributed by atoms with Gasteiger partial charge in [0.25, 0.3) is 0 Å². The minimum Gasteiger partial charge on any atom is -0.392 e. The smallest absolute Gasteiger partial charge is 0.212 e. The summed E-state index contributed by atoms with van der Waals surface area (Å²) in [5.41, 5.74) is 2.21. The Morgan fingerprint density at radius 3 is 2.69 bits per heavy atom. The third kappa shape index (κ3) is 2.83. The number of aliphatic hydroxyl groups excluding tert-OH is 1. The van der Waals surface area contributed by atoms with Gasteiger partial charge >= 0.3 is 0 Å². The molecule has 144 valence electrons. The maximum atomic E-state index is 12.8.